The van der Waals surface area contributed by atoms with Gasteiger partial charge in [-0.2, -0.15) is 0 Å². The maximum atomic E-state index is 9.93. The standard InChI is InChI=1S/C3H9O3P.C3H10O3Si.C3H8.C2H7N/c1-2-3-7(4,5)6;1-4-7(5-2)6-3;2*1-3-2/h2-3H2,1H3,(H2,4,5,6);7H,1-3H3;3H2,1-2H3;3H,1-2H3. The first-order chi connectivity index (χ1) is 9.24. The number of rotatable bonds is 5. The lowest BCUT2D eigenvalue weighted by molar-refractivity contribution is 0.163. The van der Waals surface area contributed by atoms with E-state index in [2.05, 4.69) is 19.2 Å². The van der Waals surface area contributed by atoms with Gasteiger partial charge in [0.05, 0.1) is 0 Å². The molecule has 0 saturated carbocycles. The van der Waals surface area contributed by atoms with Crippen LogP contribution in [0.25, 0.3) is 0 Å². The van der Waals surface area contributed by atoms with Crippen molar-refractivity contribution in [3.63, 3.8) is 0 Å². The predicted molar refractivity (Wildman–Crippen MR) is 86.3 cm³/mol. The second kappa shape index (κ2) is 24.2. The molecule has 0 spiro atoms. The minimum Gasteiger partial charge on any atom is -0.379 e. The summed E-state index contributed by atoms with van der Waals surface area (Å²) in [7, 11) is 3.13. The number of nitrogens with one attached hydrogen (secondary N) is 1. The molecule has 0 aliphatic heterocycles. The topological polar surface area (TPSA) is 97.3 Å². The lowest BCUT2D eigenvalue weighted by Crippen LogP contribution is -2.21. The highest BCUT2D eigenvalue weighted by molar-refractivity contribution is 7.51. The van der Waals surface area contributed by atoms with Crippen molar-refractivity contribution in [1.82, 2.24) is 5.32 Å². The van der Waals surface area contributed by atoms with Crippen molar-refractivity contribution in [3.8, 4) is 0 Å². The minimum atomic E-state index is -3.67. The van der Waals surface area contributed by atoms with Crippen LogP contribution in [0.2, 0.25) is 0 Å². The van der Waals surface area contributed by atoms with Gasteiger partial charge in [-0.3, -0.25) is 4.57 Å². The molecule has 0 amide bonds. The van der Waals surface area contributed by atoms with Gasteiger partial charge in [-0.1, -0.05) is 27.2 Å². The van der Waals surface area contributed by atoms with E-state index in [-0.39, 0.29) is 6.16 Å². The van der Waals surface area contributed by atoms with E-state index >= 15 is 0 Å². The maximum Gasteiger partial charge on any atom is 0.483 e. The Morgan fingerprint density at radius 2 is 1.25 bits per heavy atom. The van der Waals surface area contributed by atoms with Crippen LogP contribution in [0.15, 0.2) is 0 Å². The van der Waals surface area contributed by atoms with E-state index in [1.54, 1.807) is 28.3 Å². The molecule has 0 bridgehead atoms. The molecule has 0 atom stereocenters. The van der Waals surface area contributed by atoms with E-state index in [1.165, 1.54) is 6.42 Å². The van der Waals surface area contributed by atoms with Crippen LogP contribution in [0.4, 0.5) is 0 Å². The Bertz CT molecular complexity index is 182. The zero-order valence-corrected chi connectivity index (χ0v) is 16.2. The van der Waals surface area contributed by atoms with Crippen LogP contribution in [-0.4, -0.2) is 60.9 Å². The summed E-state index contributed by atoms with van der Waals surface area (Å²) in [5.74, 6) is 0. The molecule has 0 rings (SSSR count). The predicted octanol–water partition coefficient (Wildman–Crippen LogP) is 1.47. The molecule has 0 unspecified atom stereocenters. The molecule has 0 saturated heterocycles. The second-order valence-corrected chi connectivity index (χ2v) is 7.36. The molecule has 3 N–H and O–H groups in total. The van der Waals surface area contributed by atoms with E-state index in [1.807, 2.05) is 14.1 Å². The molecule has 128 valence electrons. The Hall–Kier alpha value is 0.207. The van der Waals surface area contributed by atoms with Crippen LogP contribution in [-0.2, 0) is 17.8 Å². The van der Waals surface area contributed by atoms with Gasteiger partial charge in [-0.05, 0) is 20.5 Å². The van der Waals surface area contributed by atoms with E-state index < -0.39 is 17.1 Å². The van der Waals surface area contributed by atoms with Gasteiger partial charge in [-0.15, -0.1) is 0 Å². The molecule has 9 heteroatoms. The molecule has 7 nitrogen and oxygen atoms in total. The molecule has 0 radical (unpaired) electrons. The summed E-state index contributed by atoms with van der Waals surface area (Å²) in [5, 5.41) is 2.75. The fourth-order valence-corrected chi connectivity index (χ4v) is 1.74. The third kappa shape index (κ3) is 51.7. The van der Waals surface area contributed by atoms with Gasteiger partial charge in [0.15, 0.2) is 0 Å². The highest BCUT2D eigenvalue weighted by atomic mass is 31.2. The van der Waals surface area contributed by atoms with Crippen molar-refractivity contribution >= 4 is 17.1 Å². The third-order valence-electron chi connectivity index (χ3n) is 1.09. The van der Waals surface area contributed by atoms with Crippen LogP contribution >= 0.6 is 7.60 Å². The lowest BCUT2D eigenvalue weighted by atomic mass is 10.6. The Morgan fingerprint density at radius 1 is 1.00 bits per heavy atom. The van der Waals surface area contributed by atoms with Crippen molar-refractivity contribution in [2.45, 2.75) is 33.6 Å². The summed E-state index contributed by atoms with van der Waals surface area (Å²) in [6.45, 7) is 5.99. The van der Waals surface area contributed by atoms with Crippen LogP contribution in [0.5, 0.6) is 0 Å². The molecule has 0 fully saturated rings. The van der Waals surface area contributed by atoms with Gasteiger partial charge in [-0.25, -0.2) is 0 Å². The van der Waals surface area contributed by atoms with Gasteiger partial charge < -0.3 is 28.4 Å². The van der Waals surface area contributed by atoms with Gasteiger partial charge in [0, 0.05) is 27.5 Å². The highest BCUT2D eigenvalue weighted by Crippen LogP contribution is 2.34. The SMILES string of the molecule is CCC.CCCP(=O)(O)O.CNC.CO[SiH](OC)OC. The minimum absolute atomic E-state index is 0.00694. The van der Waals surface area contributed by atoms with Gasteiger partial charge in [0.25, 0.3) is 0 Å². The van der Waals surface area contributed by atoms with Crippen molar-refractivity contribution in [2.24, 2.45) is 0 Å². The number of hydrogen-bond donors (Lipinski definition) is 3. The summed E-state index contributed by atoms with van der Waals surface area (Å²) in [6.07, 6.45) is 1.80. The van der Waals surface area contributed by atoms with Crippen LogP contribution in [0, 0.1) is 0 Å². The van der Waals surface area contributed by atoms with Crippen molar-refractivity contribution in [1.29, 1.82) is 0 Å². The van der Waals surface area contributed by atoms with Crippen molar-refractivity contribution in [2.75, 3.05) is 41.6 Å². The zero-order valence-electron chi connectivity index (χ0n) is 14.2. The smallest absolute Gasteiger partial charge is 0.379 e. The van der Waals surface area contributed by atoms with E-state index in [0.29, 0.717) is 6.42 Å². The molecule has 0 heterocycles. The molecule has 20 heavy (non-hydrogen) atoms. The Kier molecular flexibility index (Phi) is 34.4. The fourth-order valence-electron chi connectivity index (χ4n) is 0.580. The van der Waals surface area contributed by atoms with Crippen LogP contribution in [0.1, 0.15) is 33.6 Å². The van der Waals surface area contributed by atoms with Gasteiger partial charge in [0.2, 0.25) is 0 Å². The van der Waals surface area contributed by atoms with E-state index in [9.17, 15) is 4.57 Å². The fraction of sp³-hybridized carbons (Fsp3) is 1.00. The normalized spacial score (nSPS) is 9.55. The van der Waals surface area contributed by atoms with Crippen molar-refractivity contribution in [3.05, 3.63) is 0 Å². The van der Waals surface area contributed by atoms with Crippen LogP contribution in [0.3, 0.4) is 0 Å². The molecule has 0 aromatic heterocycles. The summed E-state index contributed by atoms with van der Waals surface area (Å²) in [4.78, 5) is 16.3. The van der Waals surface area contributed by atoms with Crippen LogP contribution < -0.4 is 5.32 Å². The lowest BCUT2D eigenvalue weighted by Gasteiger charge is -2.05. The Morgan fingerprint density at radius 3 is 1.25 bits per heavy atom. The molecular formula is C11H34NO6PSi. The van der Waals surface area contributed by atoms with Gasteiger partial charge in [0.1, 0.15) is 0 Å². The average Bonchev–Trinajstić information content (AvgIpc) is 2.32. The van der Waals surface area contributed by atoms with Gasteiger partial charge >= 0.3 is 17.1 Å². The maximum absolute atomic E-state index is 9.93. The molecule has 0 aromatic carbocycles. The summed E-state index contributed by atoms with van der Waals surface area (Å²) >= 11 is 0. The first-order valence-electron chi connectivity index (χ1n) is 6.45. The molecule has 0 aliphatic carbocycles. The monoisotopic (exact) mass is 335 g/mol. The average molecular weight is 335 g/mol. The first kappa shape index (κ1) is 28.4. The summed E-state index contributed by atoms with van der Waals surface area (Å²) in [5.41, 5.74) is 0. The third-order valence-corrected chi connectivity index (χ3v) is 3.28. The van der Waals surface area contributed by atoms with E-state index in [4.69, 9.17) is 23.1 Å². The second-order valence-electron chi connectivity index (χ2n) is 3.59. The van der Waals surface area contributed by atoms with E-state index in [0.717, 1.165) is 0 Å². The Labute approximate surface area is 126 Å². The molecule has 0 aromatic rings. The zero-order chi connectivity index (χ0) is 17.0. The molecule has 0 aliphatic rings. The summed E-state index contributed by atoms with van der Waals surface area (Å²) < 4.78 is 24.2. The highest BCUT2D eigenvalue weighted by Gasteiger charge is 2.08. The van der Waals surface area contributed by atoms with Crippen molar-refractivity contribution < 1.29 is 27.6 Å². The molecular weight excluding hydrogens is 301 g/mol. The quantitative estimate of drug-likeness (QED) is 0.517. The summed E-state index contributed by atoms with van der Waals surface area (Å²) in [6, 6.07) is 0. The first-order valence-corrected chi connectivity index (χ1v) is 9.66. The number of hydrogen-bond acceptors (Lipinski definition) is 5. The largest absolute Gasteiger partial charge is 0.483 e. The Balaban J connectivity index is -0.0000000927.